The van der Waals surface area contributed by atoms with Crippen LogP contribution >= 0.6 is 0 Å². The van der Waals surface area contributed by atoms with Crippen LogP contribution in [0.15, 0.2) is 59.7 Å². The summed E-state index contributed by atoms with van der Waals surface area (Å²) in [5, 5.41) is 2.70. The monoisotopic (exact) mass is 366 g/mol. The predicted octanol–water partition coefficient (Wildman–Crippen LogP) is 1.90. The number of hydrogen-bond donors (Lipinski definition) is 1. The van der Waals surface area contributed by atoms with Crippen LogP contribution in [0.3, 0.4) is 0 Å². The molecule has 1 aromatic carbocycles. The molecule has 3 rings (SSSR count). The smallest absolute Gasteiger partial charge is 0.319 e. The third kappa shape index (κ3) is 3.53. The van der Waals surface area contributed by atoms with E-state index in [2.05, 4.69) is 10.3 Å². The van der Waals surface area contributed by atoms with Gasteiger partial charge in [-0.2, -0.15) is 0 Å². The minimum atomic E-state index is -1.19. The van der Waals surface area contributed by atoms with Gasteiger partial charge in [-0.25, -0.2) is 4.79 Å². The molecule has 1 fully saturated rings. The zero-order chi connectivity index (χ0) is 19.6. The van der Waals surface area contributed by atoms with Gasteiger partial charge in [0.1, 0.15) is 17.6 Å². The second kappa shape index (κ2) is 7.19. The summed E-state index contributed by atoms with van der Waals surface area (Å²) in [7, 11) is 0. The van der Waals surface area contributed by atoms with Gasteiger partial charge >= 0.3 is 6.03 Å². The Labute approximate surface area is 157 Å². The molecular formula is C20H22N4O3. The van der Waals surface area contributed by atoms with Crippen molar-refractivity contribution in [3.63, 3.8) is 0 Å². The summed E-state index contributed by atoms with van der Waals surface area (Å²) >= 11 is 0. The molecule has 2 aromatic rings. The number of nitrogens with one attached hydrogen (secondary N) is 1. The highest BCUT2D eigenvalue weighted by molar-refractivity contribution is 6.09. The third-order valence-corrected chi connectivity index (χ3v) is 4.42. The van der Waals surface area contributed by atoms with Crippen LogP contribution in [0.1, 0.15) is 31.1 Å². The fraction of sp³-hybridized carbons (Fsp3) is 0.300. The summed E-state index contributed by atoms with van der Waals surface area (Å²) in [6.07, 6.45) is 1.58. The molecular weight excluding hydrogens is 344 g/mol. The van der Waals surface area contributed by atoms with Crippen LogP contribution in [0.5, 0.6) is 0 Å². The van der Waals surface area contributed by atoms with Gasteiger partial charge in [0.25, 0.3) is 11.8 Å². The average Bonchev–Trinajstić information content (AvgIpc) is 2.86. The lowest BCUT2D eigenvalue weighted by molar-refractivity contribution is -0.130. The Morgan fingerprint density at radius 3 is 2.44 bits per heavy atom. The van der Waals surface area contributed by atoms with Crippen LogP contribution in [0.2, 0.25) is 0 Å². The molecule has 1 N–H and O–H groups in total. The molecule has 0 radical (unpaired) electrons. The second-order valence-electron chi connectivity index (χ2n) is 6.86. The highest BCUT2D eigenvalue weighted by atomic mass is 16.2. The first kappa shape index (κ1) is 18.6. The first-order valence-corrected chi connectivity index (χ1v) is 8.77. The molecule has 3 amide bonds. The zero-order valence-electron chi connectivity index (χ0n) is 15.5. The molecule has 1 aromatic heterocycles. The lowest BCUT2D eigenvalue weighted by Crippen LogP contribution is -2.43. The van der Waals surface area contributed by atoms with Crippen LogP contribution < -0.4 is 10.8 Å². The fourth-order valence-corrected chi connectivity index (χ4v) is 3.03. The molecule has 7 nitrogen and oxygen atoms in total. The Hall–Kier alpha value is -3.22. The number of imide groups is 1. The van der Waals surface area contributed by atoms with Crippen LogP contribution in [0, 0.1) is 0 Å². The van der Waals surface area contributed by atoms with E-state index in [0.29, 0.717) is 11.1 Å². The van der Waals surface area contributed by atoms with Gasteiger partial charge in [-0.3, -0.25) is 24.0 Å². The molecule has 1 aliphatic rings. The van der Waals surface area contributed by atoms with Gasteiger partial charge in [0.2, 0.25) is 0 Å². The number of rotatable bonds is 4. The number of carbonyl (C=O) groups is 3. The quantitative estimate of drug-likeness (QED) is 0.839. The maximum atomic E-state index is 12.9. The third-order valence-electron chi connectivity index (χ3n) is 4.42. The number of pyridine rings is 1. The minimum absolute atomic E-state index is 0.00420. The Kier molecular flexibility index (Phi) is 4.94. The predicted molar refractivity (Wildman–Crippen MR) is 99.8 cm³/mol. The largest absolute Gasteiger partial charge is 0.325 e. The van der Waals surface area contributed by atoms with E-state index in [9.17, 15) is 14.4 Å². The van der Waals surface area contributed by atoms with Crippen molar-refractivity contribution in [2.45, 2.75) is 32.4 Å². The lowest BCUT2D eigenvalue weighted by Gasteiger charge is -2.22. The number of aromatic nitrogens is 1. The molecule has 0 aliphatic carbocycles. The first-order valence-electron chi connectivity index (χ1n) is 8.77. The van der Waals surface area contributed by atoms with E-state index in [0.717, 1.165) is 4.90 Å². The second-order valence-corrected chi connectivity index (χ2v) is 6.86. The van der Waals surface area contributed by atoms with Crippen molar-refractivity contribution < 1.29 is 14.4 Å². The molecule has 0 saturated carbocycles. The summed E-state index contributed by atoms with van der Waals surface area (Å²) in [5.74, 6) is -0.859. The SMILES string of the molecule is CC(C)N=c1ccccn1C(=O)CN1C(=O)NC(C)(c2ccccc2)C1=O. The summed E-state index contributed by atoms with van der Waals surface area (Å²) in [5.41, 5.74) is -0.0398. The van der Waals surface area contributed by atoms with E-state index >= 15 is 0 Å². The Bertz CT molecular complexity index is 949. The fourth-order valence-electron chi connectivity index (χ4n) is 3.03. The van der Waals surface area contributed by atoms with Crippen LogP contribution in [-0.2, 0) is 10.3 Å². The van der Waals surface area contributed by atoms with Crippen molar-refractivity contribution in [2.24, 2.45) is 4.99 Å². The number of carbonyl (C=O) groups excluding carboxylic acids is 3. The summed E-state index contributed by atoms with van der Waals surface area (Å²) in [6, 6.07) is 13.6. The molecule has 1 aliphatic heterocycles. The number of hydrogen-bond acceptors (Lipinski definition) is 4. The summed E-state index contributed by atoms with van der Waals surface area (Å²) in [6.45, 7) is 5.10. The van der Waals surface area contributed by atoms with E-state index in [1.165, 1.54) is 4.57 Å². The molecule has 140 valence electrons. The zero-order valence-corrected chi connectivity index (χ0v) is 15.5. The normalized spacial score (nSPS) is 20.3. The van der Waals surface area contributed by atoms with Gasteiger partial charge in [-0.15, -0.1) is 0 Å². The van der Waals surface area contributed by atoms with Gasteiger partial charge in [0.05, 0.1) is 0 Å². The van der Waals surface area contributed by atoms with Crippen LogP contribution in [0.25, 0.3) is 0 Å². The lowest BCUT2D eigenvalue weighted by atomic mass is 9.92. The van der Waals surface area contributed by atoms with Crippen molar-refractivity contribution in [3.8, 4) is 0 Å². The number of benzene rings is 1. The molecule has 0 spiro atoms. The molecule has 1 unspecified atom stereocenters. The molecule has 27 heavy (non-hydrogen) atoms. The summed E-state index contributed by atoms with van der Waals surface area (Å²) in [4.78, 5) is 43.5. The van der Waals surface area contributed by atoms with Crippen molar-refractivity contribution in [2.75, 3.05) is 6.54 Å². The number of amides is 3. The maximum Gasteiger partial charge on any atom is 0.325 e. The maximum absolute atomic E-state index is 12.9. The Balaban J connectivity index is 1.88. The average molecular weight is 366 g/mol. The van der Waals surface area contributed by atoms with Gasteiger partial charge in [0.15, 0.2) is 0 Å². The number of urea groups is 1. The highest BCUT2D eigenvalue weighted by Crippen LogP contribution is 2.28. The molecule has 1 atom stereocenters. The molecule has 2 heterocycles. The molecule has 0 bridgehead atoms. The van der Waals surface area contributed by atoms with Crippen LogP contribution in [-0.4, -0.2) is 39.9 Å². The van der Waals surface area contributed by atoms with Crippen LogP contribution in [0.4, 0.5) is 4.79 Å². The molecule has 1 saturated heterocycles. The topological polar surface area (TPSA) is 83.8 Å². The van der Waals surface area contributed by atoms with Crippen molar-refractivity contribution in [1.82, 2.24) is 14.8 Å². The van der Waals surface area contributed by atoms with E-state index in [1.807, 2.05) is 19.9 Å². The van der Waals surface area contributed by atoms with E-state index in [4.69, 9.17) is 0 Å². The van der Waals surface area contributed by atoms with E-state index in [-0.39, 0.29) is 12.6 Å². The van der Waals surface area contributed by atoms with Gasteiger partial charge in [-0.05, 0) is 38.5 Å². The molecule has 7 heteroatoms. The first-order chi connectivity index (χ1) is 12.8. The highest BCUT2D eigenvalue weighted by Gasteiger charge is 2.49. The minimum Gasteiger partial charge on any atom is -0.319 e. The van der Waals surface area contributed by atoms with E-state index < -0.39 is 23.4 Å². The number of nitrogens with zero attached hydrogens (tertiary/aromatic N) is 3. The van der Waals surface area contributed by atoms with Gasteiger partial charge in [0, 0.05) is 12.2 Å². The van der Waals surface area contributed by atoms with Crippen molar-refractivity contribution in [1.29, 1.82) is 0 Å². The van der Waals surface area contributed by atoms with Crippen molar-refractivity contribution >= 4 is 17.8 Å². The Morgan fingerprint density at radius 2 is 1.78 bits per heavy atom. The van der Waals surface area contributed by atoms with E-state index in [1.54, 1.807) is 55.6 Å². The summed E-state index contributed by atoms with van der Waals surface area (Å²) < 4.78 is 1.36. The standard InChI is InChI=1S/C20H22N4O3/c1-14(2)21-16-11-7-8-12-23(16)17(25)13-24-18(26)20(3,22-19(24)27)15-9-5-4-6-10-15/h4-12,14H,13H2,1-3H3,(H,22,27). The van der Waals surface area contributed by atoms with Crippen molar-refractivity contribution in [3.05, 3.63) is 65.8 Å². The van der Waals surface area contributed by atoms with Gasteiger partial charge in [-0.1, -0.05) is 36.4 Å². The van der Waals surface area contributed by atoms with Gasteiger partial charge < -0.3 is 5.32 Å². The Morgan fingerprint density at radius 1 is 1.11 bits per heavy atom.